The number of rotatable bonds is 3. The summed E-state index contributed by atoms with van der Waals surface area (Å²) in [5, 5.41) is 4.64. The largest absolute Gasteiger partial charge is 0.344 e. The average molecular weight is 195 g/mol. The molecule has 1 aliphatic heterocycles. The maximum Gasteiger partial charge on any atom is 0.239 e. The third-order valence-corrected chi connectivity index (χ3v) is 2.35. The van der Waals surface area contributed by atoms with Gasteiger partial charge in [0.1, 0.15) is 6.04 Å². The van der Waals surface area contributed by atoms with Gasteiger partial charge in [-0.3, -0.25) is 10.2 Å². The summed E-state index contributed by atoms with van der Waals surface area (Å²) in [6.07, 6.45) is 7.38. The number of carbonyl (C=O) groups is 1. The first-order valence-corrected chi connectivity index (χ1v) is 4.97. The quantitative estimate of drug-likeness (QED) is 0.609. The normalized spacial score (nSPS) is 19.7. The second-order valence-corrected chi connectivity index (χ2v) is 3.41. The first-order chi connectivity index (χ1) is 6.75. The summed E-state index contributed by atoms with van der Waals surface area (Å²) in [6, 6.07) is -0.149. The SMILES string of the molecule is C#CCNC(=O)C(C)N1CCCCN1. The van der Waals surface area contributed by atoms with Gasteiger partial charge in [-0.15, -0.1) is 6.42 Å². The molecule has 4 heteroatoms. The first kappa shape index (κ1) is 11.0. The number of nitrogens with one attached hydrogen (secondary N) is 2. The molecule has 2 N–H and O–H groups in total. The molecule has 0 aromatic rings. The second-order valence-electron chi connectivity index (χ2n) is 3.41. The highest BCUT2D eigenvalue weighted by Crippen LogP contribution is 2.03. The Hall–Kier alpha value is -1.05. The van der Waals surface area contributed by atoms with Gasteiger partial charge in [0, 0.05) is 13.1 Å². The molecule has 1 atom stereocenters. The molecule has 1 amide bonds. The summed E-state index contributed by atoms with van der Waals surface area (Å²) in [4.78, 5) is 11.5. The van der Waals surface area contributed by atoms with Crippen molar-refractivity contribution < 1.29 is 4.79 Å². The van der Waals surface area contributed by atoms with E-state index in [0.29, 0.717) is 6.54 Å². The molecule has 4 nitrogen and oxygen atoms in total. The number of terminal acetylenes is 1. The van der Waals surface area contributed by atoms with Crippen LogP contribution in [0.15, 0.2) is 0 Å². The Bertz CT molecular complexity index is 228. The molecule has 0 aromatic heterocycles. The van der Waals surface area contributed by atoms with Crippen molar-refractivity contribution in [2.45, 2.75) is 25.8 Å². The van der Waals surface area contributed by atoms with Gasteiger partial charge in [-0.2, -0.15) is 0 Å². The van der Waals surface area contributed by atoms with Gasteiger partial charge in [0.15, 0.2) is 0 Å². The molecule has 1 fully saturated rings. The van der Waals surface area contributed by atoms with E-state index in [4.69, 9.17) is 6.42 Å². The third kappa shape index (κ3) is 3.02. The summed E-state index contributed by atoms with van der Waals surface area (Å²) in [5.74, 6) is 2.37. The van der Waals surface area contributed by atoms with E-state index in [1.54, 1.807) is 0 Å². The predicted octanol–water partition coefficient (Wildman–Crippen LogP) is -0.275. The van der Waals surface area contributed by atoms with E-state index in [-0.39, 0.29) is 11.9 Å². The molecule has 1 heterocycles. The highest BCUT2D eigenvalue weighted by atomic mass is 16.2. The van der Waals surface area contributed by atoms with E-state index in [1.165, 1.54) is 6.42 Å². The molecule has 78 valence electrons. The van der Waals surface area contributed by atoms with Crippen LogP contribution in [0.5, 0.6) is 0 Å². The fourth-order valence-electron chi connectivity index (χ4n) is 1.47. The molecular weight excluding hydrogens is 178 g/mol. The van der Waals surface area contributed by atoms with Crippen molar-refractivity contribution in [2.75, 3.05) is 19.6 Å². The lowest BCUT2D eigenvalue weighted by Gasteiger charge is -2.31. The molecule has 0 bridgehead atoms. The van der Waals surface area contributed by atoms with Crippen LogP contribution in [0, 0.1) is 12.3 Å². The molecule has 0 spiro atoms. The number of hydrogen-bond donors (Lipinski definition) is 2. The molecule has 0 radical (unpaired) electrons. The van der Waals surface area contributed by atoms with Crippen molar-refractivity contribution in [3.63, 3.8) is 0 Å². The highest BCUT2D eigenvalue weighted by Gasteiger charge is 2.21. The Labute approximate surface area is 85.0 Å². The maximum atomic E-state index is 11.5. The Balaban J connectivity index is 2.35. The highest BCUT2D eigenvalue weighted by molar-refractivity contribution is 5.81. The number of amides is 1. The minimum Gasteiger partial charge on any atom is -0.344 e. The fourth-order valence-corrected chi connectivity index (χ4v) is 1.47. The van der Waals surface area contributed by atoms with Gasteiger partial charge >= 0.3 is 0 Å². The van der Waals surface area contributed by atoms with Crippen LogP contribution in [0.4, 0.5) is 0 Å². The van der Waals surface area contributed by atoms with Gasteiger partial charge < -0.3 is 5.32 Å². The summed E-state index contributed by atoms with van der Waals surface area (Å²) < 4.78 is 0. The lowest BCUT2D eigenvalue weighted by atomic mass is 10.2. The van der Waals surface area contributed by atoms with Crippen LogP contribution in [0.3, 0.4) is 0 Å². The van der Waals surface area contributed by atoms with Crippen LogP contribution in [0.1, 0.15) is 19.8 Å². The average Bonchev–Trinajstić information content (AvgIpc) is 2.26. The molecule has 1 aliphatic rings. The number of carbonyl (C=O) groups excluding carboxylic acids is 1. The van der Waals surface area contributed by atoms with E-state index >= 15 is 0 Å². The van der Waals surface area contributed by atoms with Crippen LogP contribution >= 0.6 is 0 Å². The van der Waals surface area contributed by atoms with E-state index < -0.39 is 0 Å². The molecule has 1 rings (SSSR count). The first-order valence-electron chi connectivity index (χ1n) is 4.97. The van der Waals surface area contributed by atoms with Crippen LogP contribution in [0.2, 0.25) is 0 Å². The number of hydrogen-bond acceptors (Lipinski definition) is 3. The van der Waals surface area contributed by atoms with E-state index in [9.17, 15) is 4.79 Å². The van der Waals surface area contributed by atoms with Gasteiger partial charge in [-0.1, -0.05) is 5.92 Å². The summed E-state index contributed by atoms with van der Waals surface area (Å²) >= 11 is 0. The van der Waals surface area contributed by atoms with Crippen molar-refractivity contribution in [3.05, 3.63) is 0 Å². The van der Waals surface area contributed by atoms with Crippen molar-refractivity contribution in [2.24, 2.45) is 0 Å². The fraction of sp³-hybridized carbons (Fsp3) is 0.700. The van der Waals surface area contributed by atoms with E-state index in [0.717, 1.165) is 19.5 Å². The molecule has 0 aromatic carbocycles. The smallest absolute Gasteiger partial charge is 0.239 e. The molecule has 0 aliphatic carbocycles. The molecule has 1 saturated heterocycles. The topological polar surface area (TPSA) is 44.4 Å². The van der Waals surface area contributed by atoms with Crippen molar-refractivity contribution in [1.82, 2.24) is 15.8 Å². The van der Waals surface area contributed by atoms with E-state index in [1.807, 2.05) is 11.9 Å². The van der Waals surface area contributed by atoms with Crippen molar-refractivity contribution >= 4 is 5.91 Å². The van der Waals surface area contributed by atoms with Gasteiger partial charge in [0.2, 0.25) is 5.91 Å². The lowest BCUT2D eigenvalue weighted by Crippen LogP contribution is -2.54. The zero-order chi connectivity index (χ0) is 10.4. The van der Waals surface area contributed by atoms with Crippen LogP contribution in [-0.4, -0.2) is 36.6 Å². The monoisotopic (exact) mass is 195 g/mol. The second kappa shape index (κ2) is 5.63. The lowest BCUT2D eigenvalue weighted by molar-refractivity contribution is -0.127. The molecular formula is C10H17N3O. The molecule has 1 unspecified atom stereocenters. The van der Waals surface area contributed by atoms with Gasteiger partial charge in [0.05, 0.1) is 6.54 Å². The minimum atomic E-state index is -0.149. The predicted molar refractivity (Wildman–Crippen MR) is 55.2 cm³/mol. The molecule has 0 saturated carbocycles. The summed E-state index contributed by atoms with van der Waals surface area (Å²) in [7, 11) is 0. The van der Waals surface area contributed by atoms with E-state index in [2.05, 4.69) is 16.7 Å². The standard InChI is InChI=1S/C10H17N3O/c1-3-6-11-10(14)9(2)13-8-5-4-7-12-13/h1,9,12H,4-8H2,2H3,(H,11,14). The zero-order valence-corrected chi connectivity index (χ0v) is 8.55. The van der Waals surface area contributed by atoms with Gasteiger partial charge in [-0.05, 0) is 19.8 Å². The van der Waals surface area contributed by atoms with Gasteiger partial charge in [0.25, 0.3) is 0 Å². The third-order valence-electron chi connectivity index (χ3n) is 2.35. The zero-order valence-electron chi connectivity index (χ0n) is 8.55. The van der Waals surface area contributed by atoms with Gasteiger partial charge in [-0.25, -0.2) is 5.01 Å². The Kier molecular flexibility index (Phi) is 4.44. The minimum absolute atomic E-state index is 0.0163. The number of hydrazine groups is 1. The summed E-state index contributed by atoms with van der Waals surface area (Å²) in [6.45, 7) is 4.05. The van der Waals surface area contributed by atoms with Crippen LogP contribution < -0.4 is 10.7 Å². The van der Waals surface area contributed by atoms with Crippen molar-refractivity contribution in [1.29, 1.82) is 0 Å². The Morgan fingerprint density at radius 2 is 2.50 bits per heavy atom. The number of nitrogens with zero attached hydrogens (tertiary/aromatic N) is 1. The maximum absolute atomic E-state index is 11.5. The van der Waals surface area contributed by atoms with Crippen molar-refractivity contribution in [3.8, 4) is 12.3 Å². The molecule has 14 heavy (non-hydrogen) atoms. The Morgan fingerprint density at radius 1 is 1.71 bits per heavy atom. The Morgan fingerprint density at radius 3 is 3.07 bits per heavy atom. The van der Waals surface area contributed by atoms with Crippen LogP contribution in [0.25, 0.3) is 0 Å². The summed E-state index contributed by atoms with van der Waals surface area (Å²) in [5.41, 5.74) is 3.20. The van der Waals surface area contributed by atoms with Crippen LogP contribution in [-0.2, 0) is 4.79 Å².